The first-order valence-corrected chi connectivity index (χ1v) is 21.3. The van der Waals surface area contributed by atoms with Crippen molar-refractivity contribution in [3.63, 3.8) is 0 Å². The van der Waals surface area contributed by atoms with Gasteiger partial charge in [-0.1, -0.05) is 31.0 Å². The van der Waals surface area contributed by atoms with Gasteiger partial charge in [-0.15, -0.1) is 0 Å². The van der Waals surface area contributed by atoms with Gasteiger partial charge >= 0.3 is 0 Å². The van der Waals surface area contributed by atoms with Crippen molar-refractivity contribution in [1.29, 1.82) is 0 Å². The summed E-state index contributed by atoms with van der Waals surface area (Å²) in [5.74, 6) is 1.60. The molecule has 1 aliphatic carbocycles. The summed E-state index contributed by atoms with van der Waals surface area (Å²) in [5.41, 5.74) is 3.42. The standard InChI is InChI=1S/C40H57ClN4O6S/c1-28-7-6-9-32(25-43-18-16-39(46)44(20-19-43)21-22-50-3)36-14-11-33(36)26-45-17-5-4-8-30-23-35(41)13-10-34(30)27-51-38-15-12-31(24-37(38)45)40(47)42-52(48,49)29(28)2/h10,12-13,15,23-24,28-29,32-33,36H,4-9,11,14,16-22,25-27H2,1-3H3,(H,42,47)/t28-,29+,32-,33-,36-/m0/s1. The maximum absolute atomic E-state index is 13.6. The molecule has 12 heteroatoms. The van der Waals surface area contributed by atoms with Crippen LogP contribution in [0.5, 0.6) is 5.75 Å². The molecule has 1 saturated carbocycles. The third kappa shape index (κ3) is 9.43. The SMILES string of the molecule is COCCN1CCN(C[C@@H]2CCC[C@H](C)[C@@H](C)S(=O)(=O)NC(=O)c3ccc4c(c3)N(CCCCc3cc(Cl)ccc3CO4)C[C@@H]3CC[C@@H]23)CCC1=O. The lowest BCUT2D eigenvalue weighted by molar-refractivity contribution is -0.131. The molecule has 0 spiro atoms. The maximum Gasteiger partial charge on any atom is 0.264 e. The monoisotopic (exact) mass is 756 g/mol. The fourth-order valence-corrected chi connectivity index (χ4v) is 10.1. The summed E-state index contributed by atoms with van der Waals surface area (Å²) < 4.78 is 41.3. The molecule has 2 bridgehead atoms. The zero-order valence-corrected chi connectivity index (χ0v) is 32.7. The molecule has 2 aromatic carbocycles. The molecule has 6 rings (SSSR count). The first kappa shape index (κ1) is 38.9. The molecule has 10 nitrogen and oxygen atoms in total. The van der Waals surface area contributed by atoms with Gasteiger partial charge in [0.25, 0.3) is 5.91 Å². The summed E-state index contributed by atoms with van der Waals surface area (Å²) in [6.45, 7) is 10.1. The van der Waals surface area contributed by atoms with Crippen molar-refractivity contribution in [3.05, 3.63) is 58.1 Å². The number of carbonyl (C=O) groups excluding carboxylic acids is 2. The Kier molecular flexibility index (Phi) is 13.1. The molecule has 286 valence electrons. The molecule has 2 fully saturated rings. The number of aryl methyl sites for hydroxylation is 1. The van der Waals surface area contributed by atoms with Gasteiger partial charge in [0.1, 0.15) is 12.4 Å². The van der Waals surface area contributed by atoms with E-state index in [4.69, 9.17) is 21.1 Å². The van der Waals surface area contributed by atoms with Crippen LogP contribution < -0.4 is 14.4 Å². The number of halogens is 1. The predicted molar refractivity (Wildman–Crippen MR) is 205 cm³/mol. The molecule has 3 heterocycles. The highest BCUT2D eigenvalue weighted by Crippen LogP contribution is 2.44. The van der Waals surface area contributed by atoms with Crippen molar-refractivity contribution in [3.8, 4) is 5.75 Å². The largest absolute Gasteiger partial charge is 0.487 e. The first-order chi connectivity index (χ1) is 25.0. The van der Waals surface area contributed by atoms with Gasteiger partial charge in [-0.3, -0.25) is 9.59 Å². The number of sulfonamides is 1. The second kappa shape index (κ2) is 17.5. The summed E-state index contributed by atoms with van der Waals surface area (Å²) in [5, 5.41) is -0.00239. The van der Waals surface area contributed by atoms with Gasteiger partial charge in [0.15, 0.2) is 0 Å². The molecule has 0 radical (unpaired) electrons. The van der Waals surface area contributed by atoms with Crippen molar-refractivity contribution >= 4 is 39.1 Å². The second-order valence-electron chi connectivity index (χ2n) is 15.6. The van der Waals surface area contributed by atoms with Crippen LogP contribution in [0.4, 0.5) is 5.69 Å². The second-order valence-corrected chi connectivity index (χ2v) is 18.0. The molecule has 0 aromatic heterocycles. The van der Waals surface area contributed by atoms with Crippen molar-refractivity contribution in [2.24, 2.45) is 23.7 Å². The van der Waals surface area contributed by atoms with E-state index in [1.165, 1.54) is 5.56 Å². The lowest BCUT2D eigenvalue weighted by atomic mass is 9.65. The predicted octanol–water partition coefficient (Wildman–Crippen LogP) is 6.15. The van der Waals surface area contributed by atoms with Crippen LogP contribution >= 0.6 is 11.6 Å². The minimum Gasteiger partial charge on any atom is -0.487 e. The molecule has 5 atom stereocenters. The molecular formula is C40H57ClN4O6S. The van der Waals surface area contributed by atoms with E-state index in [0.29, 0.717) is 61.8 Å². The molecule has 2 amide bonds. The van der Waals surface area contributed by atoms with Gasteiger partial charge < -0.3 is 24.2 Å². The number of carbonyl (C=O) groups is 2. The fourth-order valence-electron chi connectivity index (χ4n) is 8.63. The van der Waals surface area contributed by atoms with Crippen molar-refractivity contribution in [2.45, 2.75) is 83.5 Å². The lowest BCUT2D eigenvalue weighted by Gasteiger charge is -2.46. The molecule has 2 aromatic rings. The third-order valence-electron chi connectivity index (χ3n) is 12.3. The Morgan fingerprint density at radius 3 is 2.56 bits per heavy atom. The summed E-state index contributed by atoms with van der Waals surface area (Å²) >= 11 is 6.39. The quantitative estimate of drug-likeness (QED) is 0.387. The average Bonchev–Trinajstić information content (AvgIpc) is 3.29. The van der Waals surface area contributed by atoms with Crippen LogP contribution in [0.3, 0.4) is 0 Å². The van der Waals surface area contributed by atoms with E-state index in [1.54, 1.807) is 20.1 Å². The Balaban J connectivity index is 1.30. The van der Waals surface area contributed by atoms with Crippen LogP contribution in [0.15, 0.2) is 36.4 Å². The van der Waals surface area contributed by atoms with Crippen LogP contribution in [0.1, 0.15) is 86.7 Å². The van der Waals surface area contributed by atoms with E-state index < -0.39 is 21.2 Å². The van der Waals surface area contributed by atoms with Crippen LogP contribution in [-0.4, -0.2) is 94.8 Å². The van der Waals surface area contributed by atoms with Gasteiger partial charge in [-0.2, -0.15) is 0 Å². The molecule has 52 heavy (non-hydrogen) atoms. The Labute approximate surface area is 315 Å². The van der Waals surface area contributed by atoms with Crippen LogP contribution in [-0.2, 0) is 32.6 Å². The Morgan fingerprint density at radius 1 is 0.923 bits per heavy atom. The van der Waals surface area contributed by atoms with Crippen LogP contribution in [0.25, 0.3) is 0 Å². The number of amides is 2. The minimum absolute atomic E-state index is 0.116. The van der Waals surface area contributed by atoms with Crippen LogP contribution in [0.2, 0.25) is 5.02 Å². The van der Waals surface area contributed by atoms with Crippen molar-refractivity contribution in [1.82, 2.24) is 14.5 Å². The maximum atomic E-state index is 13.6. The Bertz CT molecular complexity index is 1670. The number of benzene rings is 2. The summed E-state index contributed by atoms with van der Waals surface area (Å²) in [6, 6.07) is 11.3. The average molecular weight is 757 g/mol. The van der Waals surface area contributed by atoms with Gasteiger partial charge in [0.2, 0.25) is 15.9 Å². The summed E-state index contributed by atoms with van der Waals surface area (Å²) in [6.07, 6.45) is 8.36. The van der Waals surface area contributed by atoms with Gasteiger partial charge in [0.05, 0.1) is 17.5 Å². The molecule has 4 aliphatic rings. The Hall–Kier alpha value is -2.86. The minimum atomic E-state index is -3.91. The molecule has 1 N–H and O–H groups in total. The number of methoxy groups -OCH3 is 1. The summed E-state index contributed by atoms with van der Waals surface area (Å²) in [4.78, 5) is 33.3. The highest BCUT2D eigenvalue weighted by Gasteiger charge is 2.39. The van der Waals surface area contributed by atoms with E-state index in [0.717, 1.165) is 100 Å². The fraction of sp³-hybridized carbons (Fsp3) is 0.650. The van der Waals surface area contributed by atoms with Gasteiger partial charge in [-0.25, -0.2) is 13.1 Å². The van der Waals surface area contributed by atoms with E-state index >= 15 is 0 Å². The number of rotatable bonds is 5. The molecular weight excluding hydrogens is 700 g/mol. The highest BCUT2D eigenvalue weighted by molar-refractivity contribution is 7.90. The molecule has 3 aliphatic heterocycles. The topological polar surface area (TPSA) is 108 Å². The van der Waals surface area contributed by atoms with Gasteiger partial charge in [-0.05, 0) is 117 Å². The number of hydrogen-bond acceptors (Lipinski definition) is 8. The number of anilines is 1. The smallest absolute Gasteiger partial charge is 0.264 e. The number of fused-ring (bicyclic) bond motifs is 3. The third-order valence-corrected chi connectivity index (χ3v) is 14.4. The number of ether oxygens (including phenoxy) is 2. The first-order valence-electron chi connectivity index (χ1n) is 19.4. The normalized spacial score (nSPS) is 27.9. The Morgan fingerprint density at radius 2 is 1.77 bits per heavy atom. The van der Waals surface area contributed by atoms with E-state index in [1.807, 2.05) is 42.2 Å². The van der Waals surface area contributed by atoms with Gasteiger partial charge in [0, 0.05) is 69.9 Å². The zero-order chi connectivity index (χ0) is 36.8. The zero-order valence-electron chi connectivity index (χ0n) is 31.2. The van der Waals surface area contributed by atoms with Crippen LogP contribution in [0, 0.1) is 23.7 Å². The van der Waals surface area contributed by atoms with E-state index in [9.17, 15) is 18.0 Å². The molecule has 1 saturated heterocycles. The summed E-state index contributed by atoms with van der Waals surface area (Å²) in [7, 11) is -2.24. The lowest BCUT2D eigenvalue weighted by Crippen LogP contribution is -2.45. The highest BCUT2D eigenvalue weighted by atomic mass is 35.5. The van der Waals surface area contributed by atoms with Crippen molar-refractivity contribution in [2.75, 3.05) is 64.4 Å². The molecule has 0 unspecified atom stereocenters. The number of hydrogen-bond donors (Lipinski definition) is 1. The van der Waals surface area contributed by atoms with E-state index in [2.05, 4.69) is 14.5 Å². The van der Waals surface area contributed by atoms with Crippen molar-refractivity contribution < 1.29 is 27.5 Å². The number of nitrogens with zero attached hydrogens (tertiary/aromatic N) is 3. The van der Waals surface area contributed by atoms with E-state index in [-0.39, 0.29) is 11.8 Å². The number of nitrogens with one attached hydrogen (secondary N) is 1.